The quantitative estimate of drug-likeness (QED) is 0.875. The van der Waals surface area contributed by atoms with E-state index in [0.29, 0.717) is 5.89 Å². The molecule has 1 fully saturated rings. The molecule has 1 heterocycles. The van der Waals surface area contributed by atoms with Crippen molar-refractivity contribution in [3.05, 3.63) is 30.2 Å². The predicted octanol–water partition coefficient (Wildman–Crippen LogP) is 2.87. The van der Waals surface area contributed by atoms with Gasteiger partial charge in [-0.1, -0.05) is 0 Å². The fraction of sp³-hybridized carbons (Fsp3) is 0.385. The highest BCUT2D eigenvalue weighted by Crippen LogP contribution is 2.30. The molecule has 0 unspecified atom stereocenters. The first-order chi connectivity index (χ1) is 8.33. The summed E-state index contributed by atoms with van der Waals surface area (Å²) in [5.74, 6) is 1.45. The van der Waals surface area contributed by atoms with Crippen LogP contribution in [-0.2, 0) is 0 Å². The van der Waals surface area contributed by atoms with Gasteiger partial charge in [-0.3, -0.25) is 0 Å². The van der Waals surface area contributed by atoms with Crippen LogP contribution in [0.5, 0.6) is 0 Å². The van der Waals surface area contributed by atoms with Crippen molar-refractivity contribution in [1.29, 1.82) is 0 Å². The van der Waals surface area contributed by atoms with Crippen molar-refractivity contribution < 1.29 is 4.42 Å². The molecule has 1 aliphatic carbocycles. The number of nitrogens with zero attached hydrogens (tertiary/aromatic N) is 2. The minimum atomic E-state index is 0.571. The predicted molar refractivity (Wildman–Crippen MR) is 65.7 cm³/mol. The maximum atomic E-state index is 5.18. The first-order valence-corrected chi connectivity index (χ1v) is 5.94. The summed E-state index contributed by atoms with van der Waals surface area (Å²) in [7, 11) is 0. The minimum Gasteiger partial charge on any atom is -0.423 e. The van der Waals surface area contributed by atoms with E-state index in [2.05, 4.69) is 34.6 Å². The van der Waals surface area contributed by atoms with E-state index in [1.54, 1.807) is 0 Å². The molecule has 1 saturated carbocycles. The topological polar surface area (TPSA) is 51.0 Å². The summed E-state index contributed by atoms with van der Waals surface area (Å²) in [6, 6.07) is 6.16. The Hall–Kier alpha value is -1.84. The van der Waals surface area contributed by atoms with Gasteiger partial charge in [0.1, 0.15) is 0 Å². The van der Waals surface area contributed by atoms with E-state index in [4.69, 9.17) is 4.42 Å². The van der Waals surface area contributed by atoms with Crippen LogP contribution in [-0.4, -0.2) is 16.7 Å². The second-order valence-electron chi connectivity index (χ2n) is 4.60. The fourth-order valence-electron chi connectivity index (χ4n) is 1.87. The monoisotopic (exact) mass is 229 g/mol. The molecule has 1 aromatic heterocycles. The Bertz CT molecular complexity index is 503. The Labute approximate surface area is 100 Å². The highest BCUT2D eigenvalue weighted by atomic mass is 16.4. The Kier molecular flexibility index (Phi) is 2.55. The van der Waals surface area contributed by atoms with Crippen LogP contribution in [0.3, 0.4) is 0 Å². The van der Waals surface area contributed by atoms with Crippen molar-refractivity contribution in [3.8, 4) is 11.5 Å². The van der Waals surface area contributed by atoms with Gasteiger partial charge in [-0.25, -0.2) is 0 Å². The van der Waals surface area contributed by atoms with Gasteiger partial charge in [-0.2, -0.15) is 0 Å². The number of rotatable bonds is 4. The number of aromatic nitrogens is 2. The lowest BCUT2D eigenvalue weighted by atomic mass is 10.1. The van der Waals surface area contributed by atoms with Gasteiger partial charge in [0.15, 0.2) is 0 Å². The highest BCUT2D eigenvalue weighted by Gasteiger charge is 2.20. The Morgan fingerprint density at radius 3 is 2.94 bits per heavy atom. The van der Waals surface area contributed by atoms with Crippen molar-refractivity contribution in [2.24, 2.45) is 5.92 Å². The van der Waals surface area contributed by atoms with Gasteiger partial charge < -0.3 is 9.73 Å². The van der Waals surface area contributed by atoms with Gasteiger partial charge in [0.05, 0.1) is 0 Å². The number of hydrogen-bond donors (Lipinski definition) is 1. The summed E-state index contributed by atoms with van der Waals surface area (Å²) >= 11 is 0. The van der Waals surface area contributed by atoms with E-state index in [1.165, 1.54) is 30.5 Å². The van der Waals surface area contributed by atoms with Crippen LogP contribution in [0.2, 0.25) is 0 Å². The highest BCUT2D eigenvalue weighted by molar-refractivity contribution is 5.62. The third-order valence-corrected chi connectivity index (χ3v) is 3.11. The summed E-state index contributed by atoms with van der Waals surface area (Å²) in [6.45, 7) is 3.18. The van der Waals surface area contributed by atoms with Crippen molar-refractivity contribution in [3.63, 3.8) is 0 Å². The van der Waals surface area contributed by atoms with Gasteiger partial charge in [-0.05, 0) is 49.4 Å². The molecule has 88 valence electrons. The smallest absolute Gasteiger partial charge is 0.247 e. The zero-order chi connectivity index (χ0) is 11.7. The van der Waals surface area contributed by atoms with Crippen LogP contribution >= 0.6 is 0 Å². The molecule has 0 atom stereocenters. The number of anilines is 1. The number of hydrogen-bond acceptors (Lipinski definition) is 4. The van der Waals surface area contributed by atoms with Crippen LogP contribution in [0, 0.1) is 12.8 Å². The fourth-order valence-corrected chi connectivity index (χ4v) is 1.87. The van der Waals surface area contributed by atoms with Crippen LogP contribution in [0.4, 0.5) is 5.69 Å². The maximum absolute atomic E-state index is 5.18. The average molecular weight is 229 g/mol. The van der Waals surface area contributed by atoms with E-state index in [-0.39, 0.29) is 0 Å². The zero-order valence-electron chi connectivity index (χ0n) is 9.81. The van der Waals surface area contributed by atoms with E-state index in [9.17, 15) is 0 Å². The van der Waals surface area contributed by atoms with Crippen LogP contribution < -0.4 is 5.32 Å². The van der Waals surface area contributed by atoms with E-state index < -0.39 is 0 Å². The molecule has 1 N–H and O–H groups in total. The van der Waals surface area contributed by atoms with Crippen LogP contribution in [0.25, 0.3) is 11.5 Å². The van der Waals surface area contributed by atoms with Crippen molar-refractivity contribution >= 4 is 5.69 Å². The lowest BCUT2D eigenvalue weighted by Gasteiger charge is -2.09. The minimum absolute atomic E-state index is 0.571. The van der Waals surface area contributed by atoms with Crippen LogP contribution in [0.1, 0.15) is 18.4 Å². The molecule has 17 heavy (non-hydrogen) atoms. The van der Waals surface area contributed by atoms with Crippen molar-refractivity contribution in [2.45, 2.75) is 19.8 Å². The Balaban J connectivity index is 1.78. The Morgan fingerprint density at radius 2 is 2.29 bits per heavy atom. The van der Waals surface area contributed by atoms with Crippen molar-refractivity contribution in [1.82, 2.24) is 10.2 Å². The second kappa shape index (κ2) is 4.20. The molecule has 0 saturated heterocycles. The van der Waals surface area contributed by atoms with Gasteiger partial charge in [0, 0.05) is 17.8 Å². The first kappa shape index (κ1) is 10.3. The molecule has 0 spiro atoms. The molecule has 0 amide bonds. The van der Waals surface area contributed by atoms with E-state index >= 15 is 0 Å². The molecule has 0 aliphatic heterocycles. The Morgan fingerprint density at radius 1 is 1.41 bits per heavy atom. The summed E-state index contributed by atoms with van der Waals surface area (Å²) in [6.07, 6.45) is 4.09. The van der Waals surface area contributed by atoms with Gasteiger partial charge in [0.2, 0.25) is 12.3 Å². The first-order valence-electron chi connectivity index (χ1n) is 5.94. The molecule has 1 aromatic carbocycles. The lowest BCUT2D eigenvalue weighted by molar-refractivity contribution is 0.568. The van der Waals surface area contributed by atoms with Gasteiger partial charge in [0.25, 0.3) is 0 Å². The second-order valence-corrected chi connectivity index (χ2v) is 4.60. The molecule has 0 radical (unpaired) electrons. The molecule has 1 aliphatic rings. The summed E-state index contributed by atoms with van der Waals surface area (Å²) in [4.78, 5) is 0. The van der Waals surface area contributed by atoms with E-state index in [1.807, 2.05) is 6.07 Å². The lowest BCUT2D eigenvalue weighted by Crippen LogP contribution is -2.04. The molecular formula is C13H15N3O. The van der Waals surface area contributed by atoms with E-state index in [0.717, 1.165) is 18.0 Å². The molecule has 4 nitrogen and oxygen atoms in total. The zero-order valence-corrected chi connectivity index (χ0v) is 9.81. The summed E-state index contributed by atoms with van der Waals surface area (Å²) in [5, 5.41) is 11.1. The summed E-state index contributed by atoms with van der Waals surface area (Å²) in [5.41, 5.74) is 3.37. The summed E-state index contributed by atoms with van der Waals surface area (Å²) < 4.78 is 5.18. The normalized spacial score (nSPS) is 14.9. The standard InChI is InChI=1S/C13H15N3O/c1-9-6-11(13-16-15-8-17-13)4-5-12(9)14-7-10-2-3-10/h4-6,8,10,14H,2-3,7H2,1H3. The molecular weight excluding hydrogens is 214 g/mol. The number of benzene rings is 1. The maximum Gasteiger partial charge on any atom is 0.247 e. The molecule has 2 aromatic rings. The largest absolute Gasteiger partial charge is 0.423 e. The third kappa shape index (κ3) is 2.30. The van der Waals surface area contributed by atoms with Gasteiger partial charge >= 0.3 is 0 Å². The van der Waals surface area contributed by atoms with Gasteiger partial charge in [-0.15, -0.1) is 10.2 Å². The molecule has 3 rings (SSSR count). The van der Waals surface area contributed by atoms with Crippen molar-refractivity contribution in [2.75, 3.05) is 11.9 Å². The van der Waals surface area contributed by atoms with Crippen LogP contribution in [0.15, 0.2) is 29.0 Å². The number of nitrogens with one attached hydrogen (secondary N) is 1. The average Bonchev–Trinajstić information content (AvgIpc) is 3.00. The third-order valence-electron chi connectivity index (χ3n) is 3.11. The molecule has 0 bridgehead atoms. The SMILES string of the molecule is Cc1cc(-c2nnco2)ccc1NCC1CC1. The number of aryl methyl sites for hydroxylation is 1. The molecule has 4 heteroatoms.